The van der Waals surface area contributed by atoms with Crippen LogP contribution >= 0.6 is 0 Å². The lowest BCUT2D eigenvalue weighted by Crippen LogP contribution is -2.63. The fourth-order valence-corrected chi connectivity index (χ4v) is 2.36. The number of carbonyl (C=O) groups excluding carboxylic acids is 1. The molecule has 0 spiro atoms. The SMILES string of the molecule is O=C1NC2(c3ccc(F)cc3)CC(C2)O1. The van der Waals surface area contributed by atoms with Gasteiger partial charge in [-0.25, -0.2) is 9.18 Å². The highest BCUT2D eigenvalue weighted by molar-refractivity contribution is 5.71. The van der Waals surface area contributed by atoms with E-state index in [0.717, 1.165) is 18.4 Å². The van der Waals surface area contributed by atoms with Crippen LogP contribution in [0, 0.1) is 5.82 Å². The van der Waals surface area contributed by atoms with Crippen LogP contribution in [0.1, 0.15) is 18.4 Å². The number of carbonyl (C=O) groups is 1. The predicted molar refractivity (Wildman–Crippen MR) is 50.7 cm³/mol. The van der Waals surface area contributed by atoms with Gasteiger partial charge in [-0.15, -0.1) is 0 Å². The average molecular weight is 207 g/mol. The van der Waals surface area contributed by atoms with Crippen molar-refractivity contribution < 1.29 is 13.9 Å². The molecule has 4 rings (SSSR count). The Bertz CT molecular complexity index is 409. The zero-order chi connectivity index (χ0) is 10.5. The van der Waals surface area contributed by atoms with E-state index >= 15 is 0 Å². The van der Waals surface area contributed by atoms with Crippen molar-refractivity contribution in [2.75, 3.05) is 0 Å². The van der Waals surface area contributed by atoms with Gasteiger partial charge in [0.15, 0.2) is 0 Å². The molecule has 1 N–H and O–H groups in total. The number of fused-ring (bicyclic) bond motifs is 2. The van der Waals surface area contributed by atoms with Crippen LogP contribution < -0.4 is 5.32 Å². The number of alkyl carbamates (subject to hydrolysis) is 1. The van der Waals surface area contributed by atoms with E-state index in [1.54, 1.807) is 12.1 Å². The van der Waals surface area contributed by atoms with Gasteiger partial charge in [-0.1, -0.05) is 12.1 Å². The summed E-state index contributed by atoms with van der Waals surface area (Å²) in [7, 11) is 0. The maximum Gasteiger partial charge on any atom is 0.408 e. The van der Waals surface area contributed by atoms with E-state index < -0.39 is 0 Å². The van der Waals surface area contributed by atoms with Crippen LogP contribution in [0.3, 0.4) is 0 Å². The highest BCUT2D eigenvalue weighted by atomic mass is 19.1. The molecule has 0 unspecified atom stereocenters. The van der Waals surface area contributed by atoms with Crippen molar-refractivity contribution in [2.24, 2.45) is 0 Å². The van der Waals surface area contributed by atoms with Crippen molar-refractivity contribution in [2.45, 2.75) is 24.5 Å². The fourth-order valence-electron chi connectivity index (χ4n) is 2.36. The second-order valence-corrected chi connectivity index (χ2v) is 4.15. The molecule has 3 aliphatic rings. The van der Waals surface area contributed by atoms with Crippen LogP contribution in [-0.2, 0) is 10.3 Å². The van der Waals surface area contributed by atoms with E-state index in [1.165, 1.54) is 12.1 Å². The minimum Gasteiger partial charge on any atom is -0.446 e. The fraction of sp³-hybridized carbons (Fsp3) is 0.364. The first kappa shape index (κ1) is 8.71. The quantitative estimate of drug-likeness (QED) is 0.764. The molecule has 15 heavy (non-hydrogen) atoms. The monoisotopic (exact) mass is 207 g/mol. The summed E-state index contributed by atoms with van der Waals surface area (Å²) in [5, 5.41) is 2.81. The first-order valence-corrected chi connectivity index (χ1v) is 4.93. The van der Waals surface area contributed by atoms with Gasteiger partial charge in [0, 0.05) is 12.8 Å². The number of nitrogens with one attached hydrogen (secondary N) is 1. The summed E-state index contributed by atoms with van der Waals surface area (Å²) < 4.78 is 17.8. The van der Waals surface area contributed by atoms with Gasteiger partial charge in [0.25, 0.3) is 0 Å². The smallest absolute Gasteiger partial charge is 0.408 e. The van der Waals surface area contributed by atoms with Gasteiger partial charge in [0.1, 0.15) is 11.9 Å². The Hall–Kier alpha value is -1.58. The number of halogens is 1. The van der Waals surface area contributed by atoms with E-state index in [4.69, 9.17) is 4.74 Å². The molecule has 1 aliphatic carbocycles. The van der Waals surface area contributed by atoms with Crippen LogP contribution in [0.5, 0.6) is 0 Å². The minimum atomic E-state index is -0.373. The summed E-state index contributed by atoms with van der Waals surface area (Å²) in [6.07, 6.45) is 1.22. The van der Waals surface area contributed by atoms with Crippen molar-refractivity contribution in [3.63, 3.8) is 0 Å². The Kier molecular flexibility index (Phi) is 1.58. The van der Waals surface area contributed by atoms with Crippen molar-refractivity contribution in [3.05, 3.63) is 35.6 Å². The van der Waals surface area contributed by atoms with Gasteiger partial charge in [-0.2, -0.15) is 0 Å². The zero-order valence-corrected chi connectivity index (χ0v) is 8.00. The first-order chi connectivity index (χ1) is 7.18. The summed E-state index contributed by atoms with van der Waals surface area (Å²) in [6, 6.07) is 6.27. The number of rotatable bonds is 1. The standard InChI is InChI=1S/C11H10FNO2/c12-8-3-1-7(2-4-8)11-5-9(6-11)15-10(14)13-11/h1-4,9H,5-6H2,(H,13,14). The normalized spacial score (nSPS) is 32.6. The Morgan fingerprint density at radius 3 is 2.60 bits per heavy atom. The van der Waals surface area contributed by atoms with Gasteiger partial charge >= 0.3 is 6.09 Å². The second kappa shape index (κ2) is 2.72. The molecule has 3 nitrogen and oxygen atoms in total. The molecular formula is C11H10FNO2. The van der Waals surface area contributed by atoms with Crippen molar-refractivity contribution in [1.29, 1.82) is 0 Å². The Balaban J connectivity index is 1.93. The van der Waals surface area contributed by atoms with E-state index in [2.05, 4.69) is 5.32 Å². The van der Waals surface area contributed by atoms with Crippen molar-refractivity contribution >= 4 is 6.09 Å². The molecule has 2 bridgehead atoms. The molecule has 4 heteroatoms. The third kappa shape index (κ3) is 1.21. The van der Waals surface area contributed by atoms with Gasteiger partial charge in [-0.3, -0.25) is 0 Å². The summed E-state index contributed by atoms with van der Waals surface area (Å²) in [5.74, 6) is -0.260. The van der Waals surface area contributed by atoms with Crippen LogP contribution in [0.25, 0.3) is 0 Å². The van der Waals surface area contributed by atoms with Gasteiger partial charge < -0.3 is 10.1 Å². The molecule has 1 aromatic rings. The zero-order valence-electron chi connectivity index (χ0n) is 8.00. The molecule has 0 aromatic heterocycles. The van der Waals surface area contributed by atoms with Crippen LogP contribution in [0.4, 0.5) is 9.18 Å². The summed E-state index contributed by atoms with van der Waals surface area (Å²) in [5.41, 5.74) is 0.644. The van der Waals surface area contributed by atoms with E-state index in [-0.39, 0.29) is 23.6 Å². The van der Waals surface area contributed by atoms with Gasteiger partial charge in [0.2, 0.25) is 0 Å². The molecule has 1 aromatic carbocycles. The molecule has 0 radical (unpaired) electrons. The maximum absolute atomic E-state index is 12.8. The average Bonchev–Trinajstić information content (AvgIpc) is 2.16. The predicted octanol–water partition coefficient (Wildman–Crippen LogP) is 1.92. The molecule has 1 saturated carbocycles. The number of amides is 1. The molecular weight excluding hydrogens is 197 g/mol. The van der Waals surface area contributed by atoms with E-state index in [0.29, 0.717) is 0 Å². The largest absolute Gasteiger partial charge is 0.446 e. The topological polar surface area (TPSA) is 38.3 Å². The molecule has 2 heterocycles. The minimum absolute atomic E-state index is 0.0313. The van der Waals surface area contributed by atoms with E-state index in [1.807, 2.05) is 0 Å². The molecule has 3 fully saturated rings. The third-order valence-electron chi connectivity index (χ3n) is 3.16. The maximum atomic E-state index is 12.8. The lowest BCUT2D eigenvalue weighted by atomic mass is 9.69. The third-order valence-corrected chi connectivity index (χ3v) is 3.16. The molecule has 2 aliphatic heterocycles. The molecule has 1 amide bonds. The van der Waals surface area contributed by atoms with Gasteiger partial charge in [-0.05, 0) is 17.7 Å². The highest BCUT2D eigenvalue weighted by Crippen LogP contribution is 2.46. The number of ether oxygens (including phenoxy) is 1. The Morgan fingerprint density at radius 1 is 1.33 bits per heavy atom. The lowest BCUT2D eigenvalue weighted by Gasteiger charge is -2.51. The highest BCUT2D eigenvalue weighted by Gasteiger charge is 2.52. The van der Waals surface area contributed by atoms with Crippen LogP contribution in [-0.4, -0.2) is 12.2 Å². The summed E-state index contributed by atoms with van der Waals surface area (Å²) in [6.45, 7) is 0. The Morgan fingerprint density at radius 2 is 2.00 bits per heavy atom. The number of hydrogen-bond donors (Lipinski definition) is 1. The molecule has 0 atom stereocenters. The van der Waals surface area contributed by atoms with Gasteiger partial charge in [0.05, 0.1) is 5.54 Å². The van der Waals surface area contributed by atoms with Crippen molar-refractivity contribution in [1.82, 2.24) is 5.32 Å². The van der Waals surface area contributed by atoms with Crippen LogP contribution in [0.15, 0.2) is 24.3 Å². The lowest BCUT2D eigenvalue weighted by molar-refractivity contribution is -0.0588. The molecule has 2 saturated heterocycles. The van der Waals surface area contributed by atoms with E-state index in [9.17, 15) is 9.18 Å². The summed E-state index contributed by atoms with van der Waals surface area (Å²) >= 11 is 0. The first-order valence-electron chi connectivity index (χ1n) is 4.93. The number of hydrogen-bond acceptors (Lipinski definition) is 2. The second-order valence-electron chi connectivity index (χ2n) is 4.15. The Labute approximate surface area is 86.2 Å². The molecule has 78 valence electrons. The summed E-state index contributed by atoms with van der Waals surface area (Å²) in [4.78, 5) is 11.1. The van der Waals surface area contributed by atoms with Crippen molar-refractivity contribution in [3.8, 4) is 0 Å². The number of benzene rings is 1. The van der Waals surface area contributed by atoms with Crippen LogP contribution in [0.2, 0.25) is 0 Å².